The summed E-state index contributed by atoms with van der Waals surface area (Å²) in [5, 5.41) is 0. The minimum absolute atomic E-state index is 0.488. The van der Waals surface area contributed by atoms with Crippen LogP contribution in [0.3, 0.4) is 0 Å². The van der Waals surface area contributed by atoms with Gasteiger partial charge in [-0.15, -0.1) is 11.6 Å². The minimum Gasteiger partial charge on any atom is -0.126 e. The van der Waals surface area contributed by atoms with Gasteiger partial charge < -0.3 is 0 Å². The zero-order valence-corrected chi connectivity index (χ0v) is 20.4. The Kier molecular flexibility index (Phi) is 8.93. The molecule has 0 aromatic rings. The van der Waals surface area contributed by atoms with Crippen molar-refractivity contribution in [3.8, 4) is 0 Å². The molecule has 0 amide bonds. The van der Waals surface area contributed by atoms with E-state index < -0.39 is 0 Å². The van der Waals surface area contributed by atoms with Gasteiger partial charge in [-0.05, 0) is 86.9 Å². The van der Waals surface area contributed by atoms with Gasteiger partial charge in [-0.3, -0.25) is 0 Å². The highest BCUT2D eigenvalue weighted by atomic mass is 35.5. The highest BCUT2D eigenvalue weighted by molar-refractivity contribution is 6.18. The van der Waals surface area contributed by atoms with Gasteiger partial charge in [0, 0.05) is 5.88 Å². The van der Waals surface area contributed by atoms with Crippen molar-refractivity contribution in [2.45, 2.75) is 93.4 Å². The smallest absolute Gasteiger partial charge is 0.0251 e. The SMILES string of the molecule is CC.CC=C1C(C)CC(=C/C=C2\CCCC3(C)C(C(C)CCl)CC[C@@H]23)C[C@H]1C. The molecule has 0 saturated heterocycles. The lowest BCUT2D eigenvalue weighted by Crippen LogP contribution is -2.36. The number of alkyl halides is 1. The van der Waals surface area contributed by atoms with Crippen LogP contribution in [0.2, 0.25) is 0 Å². The van der Waals surface area contributed by atoms with Crippen molar-refractivity contribution in [3.05, 3.63) is 34.9 Å². The van der Waals surface area contributed by atoms with Gasteiger partial charge in [0.1, 0.15) is 0 Å². The molecule has 3 aliphatic carbocycles. The summed E-state index contributed by atoms with van der Waals surface area (Å²) in [6, 6.07) is 0. The average molecular weight is 405 g/mol. The van der Waals surface area contributed by atoms with Gasteiger partial charge in [-0.25, -0.2) is 0 Å². The lowest BCUT2D eigenvalue weighted by molar-refractivity contribution is 0.105. The summed E-state index contributed by atoms with van der Waals surface area (Å²) >= 11 is 6.25. The van der Waals surface area contributed by atoms with E-state index in [1.165, 1.54) is 44.9 Å². The summed E-state index contributed by atoms with van der Waals surface area (Å²) in [6.45, 7) is 16.0. The number of fused-ring (bicyclic) bond motifs is 1. The van der Waals surface area contributed by atoms with Crippen LogP contribution in [0.5, 0.6) is 0 Å². The van der Waals surface area contributed by atoms with Gasteiger partial charge in [0.2, 0.25) is 0 Å². The third-order valence-corrected chi connectivity index (χ3v) is 8.60. The van der Waals surface area contributed by atoms with Gasteiger partial charge in [0.15, 0.2) is 0 Å². The lowest BCUT2D eigenvalue weighted by Gasteiger charge is -2.44. The third kappa shape index (κ3) is 4.80. The Morgan fingerprint density at radius 1 is 1.11 bits per heavy atom. The van der Waals surface area contributed by atoms with Gasteiger partial charge in [-0.1, -0.05) is 76.5 Å². The molecule has 3 aliphatic rings. The van der Waals surface area contributed by atoms with Crippen LogP contribution in [-0.2, 0) is 0 Å². The number of rotatable bonds is 3. The van der Waals surface area contributed by atoms with Crippen molar-refractivity contribution in [1.29, 1.82) is 0 Å². The highest BCUT2D eigenvalue weighted by Gasteiger charge is 2.50. The maximum Gasteiger partial charge on any atom is 0.0251 e. The highest BCUT2D eigenvalue weighted by Crippen LogP contribution is 2.59. The van der Waals surface area contributed by atoms with Crippen molar-refractivity contribution in [2.24, 2.45) is 35.0 Å². The molecular weight excluding hydrogens is 360 g/mol. The molecule has 1 heteroatoms. The minimum atomic E-state index is 0.488. The van der Waals surface area contributed by atoms with E-state index in [0.29, 0.717) is 23.2 Å². The van der Waals surface area contributed by atoms with E-state index in [4.69, 9.17) is 11.6 Å². The Bertz CT molecular complexity index is 579. The lowest BCUT2D eigenvalue weighted by atomic mass is 9.61. The second-order valence-electron chi connectivity index (χ2n) is 9.79. The Hall–Kier alpha value is -0.490. The summed E-state index contributed by atoms with van der Waals surface area (Å²) in [6.07, 6.45) is 16.8. The number of hydrogen-bond acceptors (Lipinski definition) is 0. The van der Waals surface area contributed by atoms with Crippen LogP contribution in [-0.4, -0.2) is 5.88 Å². The zero-order valence-electron chi connectivity index (χ0n) is 19.7. The Balaban J connectivity index is 0.00000136. The molecule has 0 aromatic carbocycles. The molecule has 0 bridgehead atoms. The number of allylic oxidation sites excluding steroid dienone is 6. The molecule has 0 heterocycles. The Labute approximate surface area is 180 Å². The van der Waals surface area contributed by atoms with E-state index in [-0.39, 0.29) is 0 Å². The summed E-state index contributed by atoms with van der Waals surface area (Å²) < 4.78 is 0. The monoisotopic (exact) mass is 404 g/mol. The van der Waals surface area contributed by atoms with Gasteiger partial charge in [0.25, 0.3) is 0 Å². The molecule has 0 aliphatic heterocycles. The summed E-state index contributed by atoms with van der Waals surface area (Å²) in [4.78, 5) is 0. The predicted octanol–water partition coefficient (Wildman–Crippen LogP) is 8.97. The van der Waals surface area contributed by atoms with Crippen LogP contribution in [0.1, 0.15) is 93.4 Å². The van der Waals surface area contributed by atoms with Crippen LogP contribution in [0.25, 0.3) is 0 Å². The molecule has 4 unspecified atom stereocenters. The topological polar surface area (TPSA) is 0 Å². The third-order valence-electron chi connectivity index (χ3n) is 8.11. The van der Waals surface area contributed by atoms with Gasteiger partial charge in [-0.2, -0.15) is 0 Å². The van der Waals surface area contributed by atoms with E-state index in [1.807, 2.05) is 13.8 Å². The standard InChI is InChI=1S/C25H39Cl.C2H6/c1-6-22-17(2)14-20(15-18(22)3)9-10-21-8-7-13-25(5)23(19(4)16-26)11-12-24(21)25;1-2/h6,9-10,17-19,23-24H,7-8,11-16H2,1-5H3;1-2H3/b20-9?,21-10+,22-6?;/t17-,18?,19?,23?,24+,25?;/m1./s1. The van der Waals surface area contributed by atoms with Crippen molar-refractivity contribution in [3.63, 3.8) is 0 Å². The predicted molar refractivity (Wildman–Crippen MR) is 127 cm³/mol. The summed E-state index contributed by atoms with van der Waals surface area (Å²) in [5.41, 5.74) is 5.56. The first-order chi connectivity index (χ1) is 13.4. The van der Waals surface area contributed by atoms with Crippen LogP contribution in [0.4, 0.5) is 0 Å². The Morgan fingerprint density at radius 2 is 1.75 bits per heavy atom. The van der Waals surface area contributed by atoms with E-state index in [9.17, 15) is 0 Å². The van der Waals surface area contributed by atoms with Crippen LogP contribution in [0, 0.1) is 35.0 Å². The normalized spacial score (nSPS) is 40.9. The molecule has 3 saturated carbocycles. The molecule has 0 N–H and O–H groups in total. The fourth-order valence-corrected chi connectivity index (χ4v) is 7.06. The van der Waals surface area contributed by atoms with Crippen molar-refractivity contribution >= 4 is 11.6 Å². The molecular formula is C27H45Cl. The van der Waals surface area contributed by atoms with Crippen molar-refractivity contribution in [2.75, 3.05) is 5.88 Å². The summed E-state index contributed by atoms with van der Waals surface area (Å²) in [5.74, 6) is 4.51. The molecule has 6 atom stereocenters. The van der Waals surface area contributed by atoms with E-state index in [2.05, 4.69) is 52.8 Å². The fourth-order valence-electron chi connectivity index (χ4n) is 6.84. The molecule has 0 spiro atoms. The molecule has 160 valence electrons. The quantitative estimate of drug-likeness (QED) is 0.325. The molecule has 0 aromatic heterocycles. The second kappa shape index (κ2) is 10.5. The summed E-state index contributed by atoms with van der Waals surface area (Å²) in [7, 11) is 0. The number of halogens is 1. The van der Waals surface area contributed by atoms with E-state index in [1.54, 1.807) is 16.7 Å². The van der Waals surface area contributed by atoms with Crippen molar-refractivity contribution < 1.29 is 0 Å². The first kappa shape index (κ1) is 23.8. The Morgan fingerprint density at radius 3 is 2.32 bits per heavy atom. The van der Waals surface area contributed by atoms with E-state index in [0.717, 1.165) is 17.7 Å². The fraction of sp³-hybridized carbons (Fsp3) is 0.778. The van der Waals surface area contributed by atoms with Crippen LogP contribution in [0.15, 0.2) is 34.9 Å². The average Bonchev–Trinajstić information content (AvgIpc) is 3.04. The first-order valence-corrected chi connectivity index (χ1v) is 12.5. The van der Waals surface area contributed by atoms with Crippen LogP contribution >= 0.6 is 11.6 Å². The molecule has 3 rings (SSSR count). The van der Waals surface area contributed by atoms with E-state index >= 15 is 0 Å². The molecule has 0 radical (unpaired) electrons. The van der Waals surface area contributed by atoms with Crippen LogP contribution < -0.4 is 0 Å². The molecule has 0 nitrogen and oxygen atoms in total. The molecule has 3 fully saturated rings. The number of hydrogen-bond donors (Lipinski definition) is 0. The zero-order chi connectivity index (χ0) is 20.9. The van der Waals surface area contributed by atoms with Crippen molar-refractivity contribution in [1.82, 2.24) is 0 Å². The first-order valence-electron chi connectivity index (χ1n) is 12.0. The maximum atomic E-state index is 6.25. The molecule has 28 heavy (non-hydrogen) atoms. The van der Waals surface area contributed by atoms with Gasteiger partial charge in [0.05, 0.1) is 0 Å². The second-order valence-corrected chi connectivity index (χ2v) is 10.1. The largest absolute Gasteiger partial charge is 0.126 e. The van der Waals surface area contributed by atoms with Gasteiger partial charge >= 0.3 is 0 Å². The maximum absolute atomic E-state index is 6.25.